The quantitative estimate of drug-likeness (QED) is 0.399. The zero-order valence-corrected chi connectivity index (χ0v) is 19.3. The second-order valence-corrected chi connectivity index (χ2v) is 8.30. The van der Waals surface area contributed by atoms with Crippen LogP contribution in [0.1, 0.15) is 10.4 Å². The van der Waals surface area contributed by atoms with Gasteiger partial charge < -0.3 is 10.2 Å². The molecule has 1 N–H and O–H groups in total. The number of nitrogens with one attached hydrogen (secondary N) is 1. The number of carbonyl (C=O) groups excluding carboxylic acids is 2. The van der Waals surface area contributed by atoms with Crippen molar-refractivity contribution >= 4 is 29.3 Å². The molecule has 33 heavy (non-hydrogen) atoms. The number of anilines is 1. The van der Waals surface area contributed by atoms with Crippen LogP contribution in [0.25, 0.3) is 16.9 Å². The number of aromatic nitrogens is 2. The van der Waals surface area contributed by atoms with Crippen LogP contribution in [-0.4, -0.2) is 46.3 Å². The lowest BCUT2D eigenvalue weighted by Crippen LogP contribution is -2.35. The molecule has 0 unspecified atom stereocenters. The van der Waals surface area contributed by atoms with Gasteiger partial charge in [0.2, 0.25) is 5.91 Å². The van der Waals surface area contributed by atoms with Crippen molar-refractivity contribution in [3.8, 4) is 16.9 Å². The largest absolute Gasteiger partial charge is 0.332 e. The van der Waals surface area contributed by atoms with E-state index in [1.807, 2.05) is 91.2 Å². The molecule has 1 heterocycles. The molecule has 0 atom stereocenters. The first-order chi connectivity index (χ1) is 16.1. The van der Waals surface area contributed by atoms with Crippen LogP contribution in [0.5, 0.6) is 0 Å². The molecule has 0 spiro atoms. The topological polar surface area (TPSA) is 67.2 Å². The lowest BCUT2D eigenvalue weighted by Gasteiger charge is -2.17. The molecule has 1 aromatic heterocycles. The summed E-state index contributed by atoms with van der Waals surface area (Å²) in [5.74, 6) is -0.534. The van der Waals surface area contributed by atoms with Gasteiger partial charge in [0, 0.05) is 23.7 Å². The van der Waals surface area contributed by atoms with E-state index in [2.05, 4.69) is 10.4 Å². The number of hydrogen-bond donors (Lipinski definition) is 1. The summed E-state index contributed by atoms with van der Waals surface area (Å²) in [6.07, 6.45) is 3.67. The van der Waals surface area contributed by atoms with E-state index in [0.29, 0.717) is 11.3 Å². The van der Waals surface area contributed by atoms with Crippen molar-refractivity contribution in [1.82, 2.24) is 14.7 Å². The zero-order valence-electron chi connectivity index (χ0n) is 18.4. The molecular weight excluding hydrogens is 432 g/mol. The number of likely N-dealkylation sites (N-methyl/N-ethyl adjacent to an activating group) is 1. The summed E-state index contributed by atoms with van der Waals surface area (Å²) < 4.78 is 1.69. The second kappa shape index (κ2) is 10.2. The van der Waals surface area contributed by atoms with Gasteiger partial charge in [-0.15, -0.1) is 11.8 Å². The molecule has 0 aliphatic carbocycles. The summed E-state index contributed by atoms with van der Waals surface area (Å²) in [5.41, 5.74) is 3.43. The molecule has 6 nitrogen and oxygen atoms in total. The standard InChI is InChI=1S/C26H24N4O2S/c1-29(18-24(31)27-22-15-9-10-16-23(22)33-2)26(32)21-17-30(20-13-7-4-8-14-20)28-25(21)19-11-5-3-6-12-19/h3-17H,18H2,1-2H3,(H,27,31). The molecule has 0 saturated heterocycles. The van der Waals surface area contributed by atoms with Gasteiger partial charge in [-0.3, -0.25) is 9.59 Å². The summed E-state index contributed by atoms with van der Waals surface area (Å²) in [6, 6.07) is 26.8. The Balaban J connectivity index is 1.59. The van der Waals surface area contributed by atoms with Gasteiger partial charge in [-0.05, 0) is 30.5 Å². The minimum atomic E-state index is -0.274. The van der Waals surface area contributed by atoms with Gasteiger partial charge in [-0.2, -0.15) is 5.10 Å². The second-order valence-electron chi connectivity index (χ2n) is 7.45. The fourth-order valence-electron chi connectivity index (χ4n) is 3.48. The Hall–Kier alpha value is -3.84. The third-order valence-electron chi connectivity index (χ3n) is 5.12. The minimum Gasteiger partial charge on any atom is -0.332 e. The third kappa shape index (κ3) is 5.15. The molecule has 166 valence electrons. The highest BCUT2D eigenvalue weighted by Gasteiger charge is 2.23. The summed E-state index contributed by atoms with van der Waals surface area (Å²) in [4.78, 5) is 28.4. The first kappa shape index (κ1) is 22.4. The average Bonchev–Trinajstić information content (AvgIpc) is 3.30. The Bertz CT molecular complexity index is 1260. The van der Waals surface area contributed by atoms with Crippen LogP contribution >= 0.6 is 11.8 Å². The Morgan fingerprint density at radius 3 is 2.27 bits per heavy atom. The van der Waals surface area contributed by atoms with Gasteiger partial charge in [0.25, 0.3) is 5.91 Å². The van der Waals surface area contributed by atoms with Crippen molar-refractivity contribution in [3.63, 3.8) is 0 Å². The maximum Gasteiger partial charge on any atom is 0.257 e. The maximum atomic E-state index is 13.4. The lowest BCUT2D eigenvalue weighted by molar-refractivity contribution is -0.116. The van der Waals surface area contributed by atoms with E-state index in [4.69, 9.17) is 0 Å². The van der Waals surface area contributed by atoms with Gasteiger partial charge in [0.15, 0.2) is 0 Å². The summed E-state index contributed by atoms with van der Waals surface area (Å²) in [6.45, 7) is -0.0771. The number of rotatable bonds is 7. The van der Waals surface area contributed by atoms with Crippen LogP contribution in [-0.2, 0) is 4.79 Å². The molecule has 2 amide bonds. The van der Waals surface area contributed by atoms with E-state index in [-0.39, 0.29) is 18.4 Å². The number of amides is 2. The van der Waals surface area contributed by atoms with Crippen molar-refractivity contribution in [2.24, 2.45) is 0 Å². The Labute approximate surface area is 197 Å². The summed E-state index contributed by atoms with van der Waals surface area (Å²) in [5, 5.41) is 7.59. The Kier molecular flexibility index (Phi) is 6.90. The van der Waals surface area contributed by atoms with Crippen LogP contribution in [0, 0.1) is 0 Å². The third-order valence-corrected chi connectivity index (χ3v) is 5.92. The smallest absolute Gasteiger partial charge is 0.257 e. The normalized spacial score (nSPS) is 10.6. The Morgan fingerprint density at radius 1 is 0.939 bits per heavy atom. The van der Waals surface area contributed by atoms with E-state index in [0.717, 1.165) is 21.8 Å². The fraction of sp³-hybridized carbons (Fsp3) is 0.115. The minimum absolute atomic E-state index is 0.0771. The highest BCUT2D eigenvalue weighted by Crippen LogP contribution is 2.26. The average molecular weight is 457 g/mol. The number of para-hydroxylation sites is 2. The molecule has 0 aliphatic heterocycles. The van der Waals surface area contributed by atoms with E-state index in [9.17, 15) is 9.59 Å². The molecule has 0 radical (unpaired) electrons. The molecule has 0 bridgehead atoms. The molecule has 7 heteroatoms. The van der Waals surface area contributed by atoms with Crippen molar-refractivity contribution in [2.75, 3.05) is 25.2 Å². The number of hydrogen-bond acceptors (Lipinski definition) is 4. The maximum absolute atomic E-state index is 13.4. The number of carbonyl (C=O) groups is 2. The molecule has 4 rings (SSSR count). The molecule has 0 aliphatic rings. The van der Waals surface area contributed by atoms with Crippen LogP contribution in [0.4, 0.5) is 5.69 Å². The molecule has 4 aromatic rings. The van der Waals surface area contributed by atoms with Gasteiger partial charge >= 0.3 is 0 Å². The Morgan fingerprint density at radius 2 is 1.58 bits per heavy atom. The highest BCUT2D eigenvalue weighted by atomic mass is 32.2. The van der Waals surface area contributed by atoms with Crippen molar-refractivity contribution in [2.45, 2.75) is 4.90 Å². The molecule has 0 fully saturated rings. The van der Waals surface area contributed by atoms with E-state index in [1.165, 1.54) is 4.90 Å². The summed E-state index contributed by atoms with van der Waals surface area (Å²) in [7, 11) is 1.62. The first-order valence-corrected chi connectivity index (χ1v) is 11.7. The number of thioether (sulfide) groups is 1. The monoisotopic (exact) mass is 456 g/mol. The van der Waals surface area contributed by atoms with Crippen molar-refractivity contribution in [1.29, 1.82) is 0 Å². The van der Waals surface area contributed by atoms with Crippen molar-refractivity contribution < 1.29 is 9.59 Å². The van der Waals surface area contributed by atoms with Crippen LogP contribution < -0.4 is 5.32 Å². The van der Waals surface area contributed by atoms with Crippen LogP contribution in [0.2, 0.25) is 0 Å². The van der Waals surface area contributed by atoms with E-state index in [1.54, 1.807) is 29.7 Å². The predicted molar refractivity (Wildman–Crippen MR) is 133 cm³/mol. The number of nitrogens with zero attached hydrogens (tertiary/aromatic N) is 3. The SMILES string of the molecule is CSc1ccccc1NC(=O)CN(C)C(=O)c1cn(-c2ccccc2)nc1-c1ccccc1. The molecular formula is C26H24N4O2S. The van der Waals surface area contributed by atoms with Gasteiger partial charge in [-0.1, -0.05) is 60.7 Å². The van der Waals surface area contributed by atoms with E-state index < -0.39 is 0 Å². The zero-order chi connectivity index (χ0) is 23.2. The van der Waals surface area contributed by atoms with Crippen LogP contribution in [0.15, 0.2) is 96.0 Å². The predicted octanol–water partition coefficient (Wildman–Crippen LogP) is 4.97. The fourth-order valence-corrected chi connectivity index (χ4v) is 4.04. The first-order valence-electron chi connectivity index (χ1n) is 10.5. The van der Waals surface area contributed by atoms with E-state index >= 15 is 0 Å². The highest BCUT2D eigenvalue weighted by molar-refractivity contribution is 7.98. The van der Waals surface area contributed by atoms with Crippen LogP contribution in [0.3, 0.4) is 0 Å². The van der Waals surface area contributed by atoms with Gasteiger partial charge in [0.1, 0.15) is 5.69 Å². The summed E-state index contributed by atoms with van der Waals surface area (Å²) >= 11 is 1.55. The molecule has 0 saturated carbocycles. The van der Waals surface area contributed by atoms with Gasteiger partial charge in [-0.25, -0.2) is 4.68 Å². The number of benzene rings is 3. The molecule has 3 aromatic carbocycles. The van der Waals surface area contributed by atoms with Crippen molar-refractivity contribution in [3.05, 3.63) is 96.7 Å². The lowest BCUT2D eigenvalue weighted by atomic mass is 10.1. The van der Waals surface area contributed by atoms with Gasteiger partial charge in [0.05, 0.1) is 23.5 Å².